The fourth-order valence-corrected chi connectivity index (χ4v) is 3.07. The van der Waals surface area contributed by atoms with Gasteiger partial charge >= 0.3 is 0 Å². The highest BCUT2D eigenvalue weighted by Crippen LogP contribution is 2.17. The van der Waals surface area contributed by atoms with Crippen LogP contribution in [0.15, 0.2) is 65.6 Å². The number of aryl methyl sites for hydroxylation is 1. The molecule has 9 nitrogen and oxygen atoms in total. The number of benzene rings is 1. The van der Waals surface area contributed by atoms with Gasteiger partial charge in [0.2, 0.25) is 0 Å². The molecule has 4 rings (SSSR count). The second kappa shape index (κ2) is 9.34. The number of carbonyl (C=O) groups is 2. The third kappa shape index (κ3) is 5.12. The fourth-order valence-electron chi connectivity index (χ4n) is 3.07. The first-order valence-electron chi connectivity index (χ1n) is 10.2. The van der Waals surface area contributed by atoms with E-state index in [2.05, 4.69) is 15.5 Å². The Balaban J connectivity index is 1.30. The number of carbonyl (C=O) groups excluding carboxylic acids is 2. The van der Waals surface area contributed by atoms with Crippen LogP contribution in [0.1, 0.15) is 46.1 Å². The molecule has 164 valence electrons. The van der Waals surface area contributed by atoms with Gasteiger partial charge in [-0.15, -0.1) is 0 Å². The molecule has 0 aliphatic heterocycles. The van der Waals surface area contributed by atoms with Crippen molar-refractivity contribution in [2.45, 2.75) is 33.5 Å². The molecule has 0 fully saturated rings. The van der Waals surface area contributed by atoms with Crippen molar-refractivity contribution in [1.29, 1.82) is 0 Å². The lowest BCUT2D eigenvalue weighted by molar-refractivity contribution is 0.0990. The Morgan fingerprint density at radius 1 is 1.03 bits per heavy atom. The maximum absolute atomic E-state index is 12.5. The van der Waals surface area contributed by atoms with Crippen LogP contribution in [0.3, 0.4) is 0 Å². The number of nitrogens with zero attached hydrogens (tertiary/aromatic N) is 4. The average molecular weight is 433 g/mol. The zero-order chi connectivity index (χ0) is 22.5. The molecule has 32 heavy (non-hydrogen) atoms. The van der Waals surface area contributed by atoms with Gasteiger partial charge in [-0.25, -0.2) is 0 Å². The van der Waals surface area contributed by atoms with E-state index in [4.69, 9.17) is 9.15 Å². The number of amides is 1. The largest absolute Gasteiger partial charge is 0.486 e. The molecular weight excluding hydrogens is 410 g/mol. The number of Topliss-reactive ketones (excluding diaryl/α,β-unsaturated/α-hetero) is 1. The molecule has 9 heteroatoms. The van der Waals surface area contributed by atoms with Crippen LogP contribution >= 0.6 is 0 Å². The van der Waals surface area contributed by atoms with Gasteiger partial charge in [0.05, 0.1) is 24.6 Å². The molecule has 1 aromatic carbocycles. The van der Waals surface area contributed by atoms with E-state index in [0.29, 0.717) is 29.3 Å². The smallest absolute Gasteiger partial charge is 0.291 e. The third-order valence-electron chi connectivity index (χ3n) is 4.77. The maximum atomic E-state index is 12.5. The molecule has 1 N–H and O–H groups in total. The van der Waals surface area contributed by atoms with Crippen molar-refractivity contribution in [3.05, 3.63) is 83.8 Å². The molecule has 0 bridgehead atoms. The van der Waals surface area contributed by atoms with Crippen molar-refractivity contribution in [1.82, 2.24) is 19.6 Å². The predicted octanol–water partition coefficient (Wildman–Crippen LogP) is 3.77. The van der Waals surface area contributed by atoms with Gasteiger partial charge in [-0.1, -0.05) is 0 Å². The summed E-state index contributed by atoms with van der Waals surface area (Å²) in [5.74, 6) is 0.910. The van der Waals surface area contributed by atoms with Crippen molar-refractivity contribution in [3.8, 4) is 5.75 Å². The number of hydrogen-bond acceptors (Lipinski definition) is 6. The normalized spacial score (nSPS) is 10.8. The number of aromatic nitrogens is 4. The Hall–Kier alpha value is -4.14. The summed E-state index contributed by atoms with van der Waals surface area (Å²) in [5, 5.41) is 11.3. The lowest BCUT2D eigenvalue weighted by Gasteiger charge is -2.04. The first-order valence-corrected chi connectivity index (χ1v) is 10.2. The number of furan rings is 1. The number of rotatable bonds is 9. The quantitative estimate of drug-likeness (QED) is 0.403. The summed E-state index contributed by atoms with van der Waals surface area (Å²) < 4.78 is 14.8. The number of anilines is 1. The molecular formula is C23H23N5O4. The molecule has 3 aromatic heterocycles. The van der Waals surface area contributed by atoms with Gasteiger partial charge in [0.25, 0.3) is 5.91 Å². The van der Waals surface area contributed by atoms with Crippen LogP contribution in [0.2, 0.25) is 0 Å². The number of hydrogen-bond donors (Lipinski definition) is 1. The topological polar surface area (TPSA) is 104 Å². The Kier molecular flexibility index (Phi) is 6.16. The average Bonchev–Trinajstić information content (AvgIpc) is 3.54. The van der Waals surface area contributed by atoms with E-state index in [9.17, 15) is 9.59 Å². The van der Waals surface area contributed by atoms with Crippen LogP contribution in [0.4, 0.5) is 5.69 Å². The summed E-state index contributed by atoms with van der Waals surface area (Å²) >= 11 is 0. The Morgan fingerprint density at radius 3 is 2.53 bits per heavy atom. The highest BCUT2D eigenvalue weighted by molar-refractivity contribution is 6.02. The minimum absolute atomic E-state index is 0.00334. The minimum atomic E-state index is -0.375. The lowest BCUT2D eigenvalue weighted by Crippen LogP contribution is -2.10. The Bertz CT molecular complexity index is 1220. The molecule has 0 aliphatic rings. The highest BCUT2D eigenvalue weighted by Gasteiger charge is 2.13. The first-order chi connectivity index (χ1) is 15.5. The molecule has 0 saturated carbocycles. The van der Waals surface area contributed by atoms with E-state index >= 15 is 0 Å². The SMILES string of the molecule is CCn1cc(Cn2cc(NC(=O)c3ccc(COc4ccc(C(C)=O)cc4)o3)cn2)cn1. The molecule has 4 aromatic rings. The Labute approximate surface area is 184 Å². The summed E-state index contributed by atoms with van der Waals surface area (Å²) in [4.78, 5) is 23.8. The lowest BCUT2D eigenvalue weighted by atomic mass is 10.1. The summed E-state index contributed by atoms with van der Waals surface area (Å²) in [6, 6.07) is 10.1. The predicted molar refractivity (Wildman–Crippen MR) is 117 cm³/mol. The van der Waals surface area contributed by atoms with E-state index < -0.39 is 0 Å². The fraction of sp³-hybridized carbons (Fsp3) is 0.217. The zero-order valence-corrected chi connectivity index (χ0v) is 17.8. The molecule has 1 amide bonds. The van der Waals surface area contributed by atoms with Crippen molar-refractivity contribution < 1.29 is 18.7 Å². The molecule has 0 unspecified atom stereocenters. The second-order valence-electron chi connectivity index (χ2n) is 7.22. The summed E-state index contributed by atoms with van der Waals surface area (Å²) in [7, 11) is 0. The summed E-state index contributed by atoms with van der Waals surface area (Å²) in [6.07, 6.45) is 7.09. The van der Waals surface area contributed by atoms with E-state index in [0.717, 1.165) is 12.1 Å². The van der Waals surface area contributed by atoms with Crippen LogP contribution in [-0.4, -0.2) is 31.3 Å². The molecule has 0 aliphatic carbocycles. The van der Waals surface area contributed by atoms with E-state index in [1.165, 1.54) is 6.92 Å². The molecule has 0 spiro atoms. The van der Waals surface area contributed by atoms with Gasteiger partial charge in [0, 0.05) is 30.1 Å². The third-order valence-corrected chi connectivity index (χ3v) is 4.77. The van der Waals surface area contributed by atoms with Crippen molar-refractivity contribution in [3.63, 3.8) is 0 Å². The van der Waals surface area contributed by atoms with Crippen LogP contribution < -0.4 is 10.1 Å². The van der Waals surface area contributed by atoms with Crippen LogP contribution in [0.25, 0.3) is 0 Å². The summed E-state index contributed by atoms with van der Waals surface area (Å²) in [6.45, 7) is 5.07. The van der Waals surface area contributed by atoms with Gasteiger partial charge in [-0.05, 0) is 50.2 Å². The van der Waals surface area contributed by atoms with Crippen LogP contribution in [0, 0.1) is 0 Å². The van der Waals surface area contributed by atoms with E-state index in [-0.39, 0.29) is 24.1 Å². The van der Waals surface area contributed by atoms with Crippen molar-refractivity contribution in [2.24, 2.45) is 0 Å². The number of nitrogens with one attached hydrogen (secondary N) is 1. The first kappa shape index (κ1) is 21.1. The zero-order valence-electron chi connectivity index (χ0n) is 17.8. The van der Waals surface area contributed by atoms with E-state index in [1.807, 2.05) is 17.8 Å². The monoisotopic (exact) mass is 433 g/mol. The molecule has 3 heterocycles. The van der Waals surface area contributed by atoms with Gasteiger partial charge in [0.1, 0.15) is 18.1 Å². The van der Waals surface area contributed by atoms with Gasteiger partial charge < -0.3 is 14.5 Å². The number of ketones is 1. The second-order valence-corrected chi connectivity index (χ2v) is 7.22. The molecule has 0 saturated heterocycles. The minimum Gasteiger partial charge on any atom is -0.486 e. The highest BCUT2D eigenvalue weighted by atomic mass is 16.5. The van der Waals surface area contributed by atoms with Crippen molar-refractivity contribution in [2.75, 3.05) is 5.32 Å². The maximum Gasteiger partial charge on any atom is 0.291 e. The Morgan fingerprint density at radius 2 is 1.81 bits per heavy atom. The summed E-state index contributed by atoms with van der Waals surface area (Å²) in [5.41, 5.74) is 2.21. The molecule has 0 radical (unpaired) electrons. The van der Waals surface area contributed by atoms with Gasteiger partial charge in [-0.3, -0.25) is 19.0 Å². The van der Waals surface area contributed by atoms with Gasteiger partial charge in [-0.2, -0.15) is 10.2 Å². The molecule has 0 atom stereocenters. The standard InChI is InChI=1S/C23H23N5O4/c1-3-27-12-17(10-24-27)13-28-14-19(11-25-28)26-23(30)22-9-8-21(32-22)15-31-20-6-4-18(5-7-20)16(2)29/h4-12,14H,3,13,15H2,1-2H3,(H,26,30). The van der Waals surface area contributed by atoms with Crippen LogP contribution in [0.5, 0.6) is 5.75 Å². The number of ether oxygens (including phenoxy) is 1. The van der Waals surface area contributed by atoms with Crippen LogP contribution in [-0.2, 0) is 19.7 Å². The van der Waals surface area contributed by atoms with Gasteiger partial charge in [0.15, 0.2) is 11.5 Å². The van der Waals surface area contributed by atoms with E-state index in [1.54, 1.807) is 59.7 Å². The van der Waals surface area contributed by atoms with Crippen molar-refractivity contribution >= 4 is 17.4 Å².